The molecule has 0 aromatic heterocycles. The highest BCUT2D eigenvalue weighted by Crippen LogP contribution is 2.23. The standard InChI is InChI=1S/C12H14F3NO/c13-12(14,15)17-11-3-1-2-9(8-11)6-7-16-10-4-5-10/h1-3,8,10,16H,4-7H2. The highest BCUT2D eigenvalue weighted by molar-refractivity contribution is 5.28. The fourth-order valence-corrected chi connectivity index (χ4v) is 1.61. The van der Waals surface area contributed by atoms with Gasteiger partial charge in [-0.25, -0.2) is 0 Å². The normalized spacial score (nSPS) is 15.9. The molecule has 1 N–H and O–H groups in total. The van der Waals surface area contributed by atoms with Gasteiger partial charge in [-0.05, 0) is 43.5 Å². The third kappa shape index (κ3) is 4.65. The number of rotatable bonds is 5. The average molecular weight is 245 g/mol. The predicted octanol–water partition coefficient (Wildman–Crippen LogP) is 2.88. The lowest BCUT2D eigenvalue weighted by Crippen LogP contribution is -2.19. The minimum absolute atomic E-state index is 0.151. The third-order valence-corrected chi connectivity index (χ3v) is 2.56. The summed E-state index contributed by atoms with van der Waals surface area (Å²) in [4.78, 5) is 0. The van der Waals surface area contributed by atoms with E-state index in [9.17, 15) is 13.2 Å². The van der Waals surface area contributed by atoms with E-state index in [4.69, 9.17) is 0 Å². The molecule has 17 heavy (non-hydrogen) atoms. The van der Waals surface area contributed by atoms with Crippen LogP contribution in [0.2, 0.25) is 0 Å². The molecule has 0 saturated heterocycles. The highest BCUT2D eigenvalue weighted by Gasteiger charge is 2.31. The third-order valence-electron chi connectivity index (χ3n) is 2.56. The van der Waals surface area contributed by atoms with E-state index in [2.05, 4.69) is 10.1 Å². The second-order valence-electron chi connectivity index (χ2n) is 4.17. The molecule has 1 aliphatic carbocycles. The zero-order valence-electron chi connectivity index (χ0n) is 9.26. The molecule has 0 amide bonds. The number of ether oxygens (including phenoxy) is 1. The van der Waals surface area contributed by atoms with Crippen LogP contribution in [-0.4, -0.2) is 18.9 Å². The quantitative estimate of drug-likeness (QED) is 0.861. The molecular formula is C12H14F3NO. The van der Waals surface area contributed by atoms with Crippen LogP contribution in [0.3, 0.4) is 0 Å². The number of nitrogens with one attached hydrogen (secondary N) is 1. The Hall–Kier alpha value is -1.23. The zero-order valence-corrected chi connectivity index (χ0v) is 9.26. The number of benzene rings is 1. The van der Waals surface area contributed by atoms with Crippen molar-refractivity contribution in [3.05, 3.63) is 29.8 Å². The molecule has 0 unspecified atom stereocenters. The lowest BCUT2D eigenvalue weighted by atomic mass is 10.1. The molecule has 0 atom stereocenters. The molecule has 5 heteroatoms. The van der Waals surface area contributed by atoms with Crippen LogP contribution in [-0.2, 0) is 6.42 Å². The smallest absolute Gasteiger partial charge is 0.406 e. The van der Waals surface area contributed by atoms with Crippen LogP contribution in [0, 0.1) is 0 Å². The summed E-state index contributed by atoms with van der Waals surface area (Å²) >= 11 is 0. The molecule has 1 aromatic carbocycles. The fraction of sp³-hybridized carbons (Fsp3) is 0.500. The molecule has 0 bridgehead atoms. The van der Waals surface area contributed by atoms with Gasteiger partial charge in [0.25, 0.3) is 0 Å². The van der Waals surface area contributed by atoms with E-state index in [1.54, 1.807) is 12.1 Å². The monoisotopic (exact) mass is 245 g/mol. The van der Waals surface area contributed by atoms with Gasteiger partial charge in [-0.3, -0.25) is 0 Å². The van der Waals surface area contributed by atoms with E-state index in [1.165, 1.54) is 25.0 Å². The average Bonchev–Trinajstić information content (AvgIpc) is 2.99. The van der Waals surface area contributed by atoms with Crippen molar-refractivity contribution in [3.8, 4) is 5.75 Å². The molecular weight excluding hydrogens is 231 g/mol. The molecule has 0 radical (unpaired) electrons. The van der Waals surface area contributed by atoms with Crippen LogP contribution in [0.5, 0.6) is 5.75 Å². The van der Waals surface area contributed by atoms with Gasteiger partial charge in [-0.1, -0.05) is 12.1 Å². The van der Waals surface area contributed by atoms with Crippen LogP contribution in [0.15, 0.2) is 24.3 Å². The Balaban J connectivity index is 1.86. The first kappa shape index (κ1) is 12.2. The van der Waals surface area contributed by atoms with Crippen LogP contribution in [0.1, 0.15) is 18.4 Å². The van der Waals surface area contributed by atoms with Crippen LogP contribution in [0.25, 0.3) is 0 Å². The summed E-state index contributed by atoms with van der Waals surface area (Å²) in [6, 6.07) is 6.74. The topological polar surface area (TPSA) is 21.3 Å². The Morgan fingerprint density at radius 1 is 1.29 bits per heavy atom. The second kappa shape index (κ2) is 4.96. The minimum atomic E-state index is -4.62. The maximum atomic E-state index is 12.0. The molecule has 2 nitrogen and oxygen atoms in total. The lowest BCUT2D eigenvalue weighted by Gasteiger charge is -2.10. The van der Waals surface area contributed by atoms with E-state index in [1.807, 2.05) is 0 Å². The summed E-state index contributed by atoms with van der Waals surface area (Å²) in [7, 11) is 0. The van der Waals surface area contributed by atoms with Gasteiger partial charge in [-0.2, -0.15) is 0 Å². The Kier molecular flexibility index (Phi) is 3.57. The van der Waals surface area contributed by atoms with Gasteiger partial charge in [0.15, 0.2) is 0 Å². The molecule has 94 valence electrons. The van der Waals surface area contributed by atoms with E-state index in [0.29, 0.717) is 12.5 Å². The Morgan fingerprint density at radius 2 is 2.06 bits per heavy atom. The molecule has 1 aliphatic rings. The first-order valence-corrected chi connectivity index (χ1v) is 5.61. The zero-order chi connectivity index (χ0) is 12.3. The van der Waals surface area contributed by atoms with Crippen molar-refractivity contribution in [2.24, 2.45) is 0 Å². The van der Waals surface area contributed by atoms with E-state index < -0.39 is 6.36 Å². The van der Waals surface area contributed by atoms with Crippen LogP contribution < -0.4 is 10.1 Å². The number of hydrogen-bond donors (Lipinski definition) is 1. The van der Waals surface area contributed by atoms with Gasteiger partial charge in [0.1, 0.15) is 5.75 Å². The SMILES string of the molecule is FC(F)(F)Oc1cccc(CCNC2CC2)c1. The van der Waals surface area contributed by atoms with Crippen molar-refractivity contribution in [1.82, 2.24) is 5.32 Å². The van der Waals surface area contributed by atoms with Crippen LogP contribution >= 0.6 is 0 Å². The molecule has 1 saturated carbocycles. The molecule has 0 spiro atoms. The Labute approximate surface area is 97.8 Å². The van der Waals surface area contributed by atoms with Crippen molar-refractivity contribution in [2.75, 3.05) is 6.54 Å². The molecule has 1 fully saturated rings. The molecule has 0 heterocycles. The summed E-state index contributed by atoms with van der Waals surface area (Å²) in [6.07, 6.45) is -1.50. The first-order valence-electron chi connectivity index (χ1n) is 5.61. The Morgan fingerprint density at radius 3 is 2.71 bits per heavy atom. The van der Waals surface area contributed by atoms with E-state index in [0.717, 1.165) is 12.1 Å². The van der Waals surface area contributed by atoms with Gasteiger partial charge < -0.3 is 10.1 Å². The number of alkyl halides is 3. The molecule has 1 aromatic rings. The van der Waals surface area contributed by atoms with Gasteiger partial charge in [-0.15, -0.1) is 13.2 Å². The van der Waals surface area contributed by atoms with Gasteiger partial charge in [0.05, 0.1) is 0 Å². The van der Waals surface area contributed by atoms with Gasteiger partial charge >= 0.3 is 6.36 Å². The highest BCUT2D eigenvalue weighted by atomic mass is 19.4. The van der Waals surface area contributed by atoms with Crippen molar-refractivity contribution in [2.45, 2.75) is 31.7 Å². The van der Waals surface area contributed by atoms with E-state index >= 15 is 0 Å². The van der Waals surface area contributed by atoms with Crippen molar-refractivity contribution < 1.29 is 17.9 Å². The summed E-state index contributed by atoms with van der Waals surface area (Å²) in [5.74, 6) is -0.151. The molecule has 0 aliphatic heterocycles. The Bertz CT molecular complexity index is 374. The summed E-state index contributed by atoms with van der Waals surface area (Å²) in [5.41, 5.74) is 0.847. The predicted molar refractivity (Wildman–Crippen MR) is 57.9 cm³/mol. The fourth-order valence-electron chi connectivity index (χ4n) is 1.61. The second-order valence-corrected chi connectivity index (χ2v) is 4.17. The first-order chi connectivity index (χ1) is 8.03. The van der Waals surface area contributed by atoms with Gasteiger partial charge in [0.2, 0.25) is 0 Å². The summed E-state index contributed by atoms with van der Waals surface area (Å²) in [5, 5.41) is 3.31. The van der Waals surface area contributed by atoms with Crippen molar-refractivity contribution in [1.29, 1.82) is 0 Å². The van der Waals surface area contributed by atoms with Crippen molar-refractivity contribution >= 4 is 0 Å². The maximum Gasteiger partial charge on any atom is 0.573 e. The minimum Gasteiger partial charge on any atom is -0.406 e. The maximum absolute atomic E-state index is 12.0. The number of hydrogen-bond acceptors (Lipinski definition) is 2. The van der Waals surface area contributed by atoms with Gasteiger partial charge in [0, 0.05) is 6.04 Å². The lowest BCUT2D eigenvalue weighted by molar-refractivity contribution is -0.274. The summed E-state index contributed by atoms with van der Waals surface area (Å²) < 4.78 is 39.9. The number of halogens is 3. The largest absolute Gasteiger partial charge is 0.573 e. The van der Waals surface area contributed by atoms with Crippen LogP contribution in [0.4, 0.5) is 13.2 Å². The van der Waals surface area contributed by atoms with E-state index in [-0.39, 0.29) is 5.75 Å². The molecule has 2 rings (SSSR count). The van der Waals surface area contributed by atoms with Crippen molar-refractivity contribution in [3.63, 3.8) is 0 Å². The summed E-state index contributed by atoms with van der Waals surface area (Å²) in [6.45, 7) is 0.792.